The summed E-state index contributed by atoms with van der Waals surface area (Å²) in [6.07, 6.45) is 5.17. The Morgan fingerprint density at radius 3 is 2.53 bits per heavy atom. The van der Waals surface area contributed by atoms with Crippen molar-refractivity contribution in [2.45, 2.75) is 26.2 Å². The van der Waals surface area contributed by atoms with E-state index in [0.29, 0.717) is 5.02 Å². The van der Waals surface area contributed by atoms with Gasteiger partial charge in [-0.15, -0.1) is 0 Å². The Morgan fingerprint density at radius 1 is 0.938 bits per heavy atom. The van der Waals surface area contributed by atoms with Crippen LogP contribution >= 0.6 is 11.6 Å². The Hall–Kier alpha value is -2.64. The van der Waals surface area contributed by atoms with Crippen LogP contribution in [0.5, 0.6) is 0 Å². The lowest BCUT2D eigenvalue weighted by atomic mass is 10.2. The number of pyridine rings is 1. The molecule has 0 bridgehead atoms. The topological polar surface area (TPSA) is 69.2 Å². The SMILES string of the molecule is Cc1cc(NCCCCCNc2ccnc3cc(Cl)ccc23)nc(N2CCN(C)CC2)n1. The maximum Gasteiger partial charge on any atom is 0.227 e. The molecule has 1 aromatic carbocycles. The normalized spacial score (nSPS) is 14.7. The number of rotatable bonds is 9. The molecule has 1 aliphatic rings. The number of benzene rings is 1. The highest BCUT2D eigenvalue weighted by Crippen LogP contribution is 2.24. The monoisotopic (exact) mass is 453 g/mol. The third-order valence-electron chi connectivity index (χ3n) is 5.81. The fourth-order valence-corrected chi connectivity index (χ4v) is 4.10. The van der Waals surface area contributed by atoms with Crippen molar-refractivity contribution in [2.24, 2.45) is 0 Å². The first kappa shape index (κ1) is 22.6. The predicted molar refractivity (Wildman–Crippen MR) is 134 cm³/mol. The van der Waals surface area contributed by atoms with Gasteiger partial charge >= 0.3 is 0 Å². The highest BCUT2D eigenvalue weighted by molar-refractivity contribution is 6.31. The van der Waals surface area contributed by atoms with E-state index in [1.54, 1.807) is 0 Å². The number of halogens is 1. The van der Waals surface area contributed by atoms with Gasteiger partial charge in [-0.05, 0) is 57.5 Å². The molecular formula is C24H32ClN7. The molecule has 3 aromatic rings. The van der Waals surface area contributed by atoms with Gasteiger partial charge in [0.2, 0.25) is 5.95 Å². The van der Waals surface area contributed by atoms with Crippen LogP contribution in [-0.4, -0.2) is 66.2 Å². The van der Waals surface area contributed by atoms with Gasteiger partial charge in [0.1, 0.15) is 5.82 Å². The maximum absolute atomic E-state index is 6.07. The summed E-state index contributed by atoms with van der Waals surface area (Å²) in [7, 11) is 2.16. The van der Waals surface area contributed by atoms with Gasteiger partial charge < -0.3 is 20.4 Å². The lowest BCUT2D eigenvalue weighted by Crippen LogP contribution is -2.45. The van der Waals surface area contributed by atoms with Crippen LogP contribution in [0.3, 0.4) is 0 Å². The van der Waals surface area contributed by atoms with Crippen molar-refractivity contribution in [1.82, 2.24) is 19.9 Å². The van der Waals surface area contributed by atoms with Crippen LogP contribution in [0.2, 0.25) is 5.02 Å². The number of fused-ring (bicyclic) bond motifs is 1. The minimum absolute atomic E-state index is 0.712. The molecule has 1 aliphatic heterocycles. The summed E-state index contributed by atoms with van der Waals surface area (Å²) < 4.78 is 0. The van der Waals surface area contributed by atoms with Crippen LogP contribution in [0.15, 0.2) is 36.5 Å². The van der Waals surface area contributed by atoms with Crippen molar-refractivity contribution in [1.29, 1.82) is 0 Å². The van der Waals surface area contributed by atoms with Crippen LogP contribution in [0.4, 0.5) is 17.5 Å². The quantitative estimate of drug-likeness (QED) is 0.464. The molecule has 1 fully saturated rings. The number of anilines is 3. The predicted octanol–water partition coefficient (Wildman–Crippen LogP) is 4.43. The molecule has 32 heavy (non-hydrogen) atoms. The van der Waals surface area contributed by atoms with Gasteiger partial charge in [0.05, 0.1) is 5.52 Å². The lowest BCUT2D eigenvalue weighted by Gasteiger charge is -2.32. The Balaban J connectivity index is 1.19. The van der Waals surface area contributed by atoms with E-state index >= 15 is 0 Å². The first-order valence-corrected chi connectivity index (χ1v) is 11.8. The third-order valence-corrected chi connectivity index (χ3v) is 6.04. The van der Waals surface area contributed by atoms with Crippen molar-refractivity contribution in [3.05, 3.63) is 47.2 Å². The Kier molecular flexibility index (Phi) is 7.60. The van der Waals surface area contributed by atoms with Gasteiger partial charge in [-0.25, -0.2) is 4.98 Å². The third kappa shape index (κ3) is 5.99. The molecule has 170 valence electrons. The summed E-state index contributed by atoms with van der Waals surface area (Å²) in [6, 6.07) is 9.89. The second kappa shape index (κ2) is 10.8. The number of nitrogens with one attached hydrogen (secondary N) is 2. The molecule has 8 heteroatoms. The number of likely N-dealkylation sites (N-methyl/N-ethyl adjacent to an activating group) is 1. The van der Waals surface area contributed by atoms with Crippen molar-refractivity contribution in [3.63, 3.8) is 0 Å². The van der Waals surface area contributed by atoms with Gasteiger partial charge in [0.15, 0.2) is 0 Å². The number of piperazine rings is 1. The highest BCUT2D eigenvalue weighted by Gasteiger charge is 2.17. The Labute approximate surface area is 195 Å². The molecule has 1 saturated heterocycles. The Bertz CT molecular complexity index is 1030. The first-order chi connectivity index (χ1) is 15.6. The second-order valence-electron chi connectivity index (χ2n) is 8.42. The van der Waals surface area contributed by atoms with Crippen LogP contribution in [-0.2, 0) is 0 Å². The van der Waals surface area contributed by atoms with Gasteiger partial charge in [-0.3, -0.25) is 4.98 Å². The smallest absolute Gasteiger partial charge is 0.227 e. The largest absolute Gasteiger partial charge is 0.384 e. The summed E-state index contributed by atoms with van der Waals surface area (Å²) in [5.41, 5.74) is 3.03. The van der Waals surface area contributed by atoms with Crippen LogP contribution in [0.25, 0.3) is 10.9 Å². The number of hydrogen-bond donors (Lipinski definition) is 2. The first-order valence-electron chi connectivity index (χ1n) is 11.4. The lowest BCUT2D eigenvalue weighted by molar-refractivity contribution is 0.311. The van der Waals surface area contributed by atoms with Gasteiger partial charge in [0.25, 0.3) is 0 Å². The van der Waals surface area contributed by atoms with Crippen LogP contribution in [0.1, 0.15) is 25.0 Å². The molecule has 4 rings (SSSR count). The fourth-order valence-electron chi connectivity index (χ4n) is 3.93. The van der Waals surface area contributed by atoms with Crippen molar-refractivity contribution >= 4 is 40.0 Å². The molecule has 0 saturated carbocycles. The zero-order valence-electron chi connectivity index (χ0n) is 18.9. The zero-order chi connectivity index (χ0) is 22.3. The van der Waals surface area contributed by atoms with E-state index in [1.807, 2.05) is 43.5 Å². The van der Waals surface area contributed by atoms with Crippen molar-refractivity contribution < 1.29 is 0 Å². The molecule has 7 nitrogen and oxygen atoms in total. The summed E-state index contributed by atoms with van der Waals surface area (Å²) >= 11 is 6.07. The zero-order valence-corrected chi connectivity index (χ0v) is 19.7. The summed E-state index contributed by atoms with van der Waals surface area (Å²) in [4.78, 5) is 18.4. The van der Waals surface area contributed by atoms with Crippen LogP contribution < -0.4 is 15.5 Å². The van der Waals surface area contributed by atoms with Crippen molar-refractivity contribution in [3.8, 4) is 0 Å². The average Bonchev–Trinajstić information content (AvgIpc) is 2.78. The highest BCUT2D eigenvalue weighted by atomic mass is 35.5. The molecule has 2 aromatic heterocycles. The molecule has 0 spiro atoms. The molecule has 0 atom stereocenters. The molecule has 0 radical (unpaired) electrons. The van der Waals surface area contributed by atoms with Gasteiger partial charge in [0, 0.05) is 73.3 Å². The average molecular weight is 454 g/mol. The Morgan fingerprint density at radius 2 is 1.72 bits per heavy atom. The molecule has 3 heterocycles. The van der Waals surface area contributed by atoms with Crippen LogP contribution in [0, 0.1) is 6.92 Å². The molecule has 0 aliphatic carbocycles. The van der Waals surface area contributed by atoms with Gasteiger partial charge in [-0.1, -0.05) is 11.6 Å². The summed E-state index contributed by atoms with van der Waals surface area (Å²) in [6.45, 7) is 7.94. The molecule has 0 unspecified atom stereocenters. The van der Waals surface area contributed by atoms with E-state index in [9.17, 15) is 0 Å². The minimum Gasteiger partial charge on any atom is -0.384 e. The van der Waals surface area contributed by atoms with E-state index in [1.165, 1.54) is 0 Å². The standard InChI is InChI=1S/C24H32ClN7/c1-18-16-23(30-24(29-18)32-14-12-31(2)13-15-32)28-10-5-3-4-9-26-21-8-11-27-22-17-19(25)6-7-20(21)22/h6-8,11,16-17H,3-5,9-10,12-15H2,1-2H3,(H,26,27)(H,28,29,30). The van der Waals surface area contributed by atoms with E-state index in [0.717, 1.165) is 92.6 Å². The number of aromatic nitrogens is 3. The number of aryl methyl sites for hydroxylation is 1. The van der Waals surface area contributed by atoms with E-state index in [-0.39, 0.29) is 0 Å². The summed E-state index contributed by atoms with van der Waals surface area (Å²) in [5.74, 6) is 1.77. The molecular weight excluding hydrogens is 422 g/mol. The summed E-state index contributed by atoms with van der Waals surface area (Å²) in [5, 5.41) is 8.84. The molecule has 2 N–H and O–H groups in total. The number of nitrogens with zero attached hydrogens (tertiary/aromatic N) is 5. The fraction of sp³-hybridized carbons (Fsp3) is 0.458. The maximum atomic E-state index is 6.07. The van der Waals surface area contributed by atoms with E-state index < -0.39 is 0 Å². The number of hydrogen-bond acceptors (Lipinski definition) is 7. The van der Waals surface area contributed by atoms with Crippen molar-refractivity contribution in [2.75, 3.05) is 61.8 Å². The minimum atomic E-state index is 0.712. The molecule has 0 amide bonds. The van der Waals surface area contributed by atoms with Gasteiger partial charge in [-0.2, -0.15) is 4.98 Å². The van der Waals surface area contributed by atoms with E-state index in [2.05, 4.69) is 37.4 Å². The second-order valence-corrected chi connectivity index (χ2v) is 8.86. The van der Waals surface area contributed by atoms with E-state index in [4.69, 9.17) is 16.6 Å². The number of unbranched alkanes of at least 4 members (excludes halogenated alkanes) is 2.